The first-order chi connectivity index (χ1) is 8.33. The molecule has 1 N–H and O–H groups in total. The zero-order valence-corrected chi connectivity index (χ0v) is 10.7. The highest BCUT2D eigenvalue weighted by Crippen LogP contribution is 2.08. The molecule has 1 aromatic heterocycles. The molecule has 1 heterocycles. The third-order valence-corrected chi connectivity index (χ3v) is 2.25. The van der Waals surface area contributed by atoms with Gasteiger partial charge in [0.25, 0.3) is 0 Å². The Balaban J connectivity index is 2.03. The van der Waals surface area contributed by atoms with Crippen molar-refractivity contribution in [2.45, 2.75) is 26.4 Å². The summed E-state index contributed by atoms with van der Waals surface area (Å²) in [5, 5.41) is 3.34. The van der Waals surface area contributed by atoms with Crippen molar-refractivity contribution in [2.24, 2.45) is 0 Å². The summed E-state index contributed by atoms with van der Waals surface area (Å²) in [4.78, 5) is 4.01. The molecule has 0 aliphatic carbocycles. The van der Waals surface area contributed by atoms with E-state index in [1.54, 1.807) is 12.4 Å². The number of rotatable bonds is 9. The summed E-state index contributed by atoms with van der Waals surface area (Å²) in [6, 6.07) is 3.79. The molecular weight excluding hydrogens is 216 g/mol. The van der Waals surface area contributed by atoms with Gasteiger partial charge in [-0.1, -0.05) is 0 Å². The van der Waals surface area contributed by atoms with Crippen LogP contribution in [0.3, 0.4) is 0 Å². The average Bonchev–Trinajstić information content (AvgIpc) is 2.35. The number of nitrogens with zero attached hydrogens (tertiary/aromatic N) is 1. The molecule has 0 saturated carbocycles. The van der Waals surface area contributed by atoms with Gasteiger partial charge in [0.1, 0.15) is 11.9 Å². The quantitative estimate of drug-likeness (QED) is 0.667. The number of nitrogens with one attached hydrogen (secondary N) is 1. The van der Waals surface area contributed by atoms with Gasteiger partial charge >= 0.3 is 0 Å². The summed E-state index contributed by atoms with van der Waals surface area (Å²) in [6.45, 7) is 7.46. The fraction of sp³-hybridized carbons (Fsp3) is 0.615. The molecule has 0 fully saturated rings. The lowest BCUT2D eigenvalue weighted by Gasteiger charge is -2.15. The Labute approximate surface area is 103 Å². The zero-order chi connectivity index (χ0) is 12.3. The first kappa shape index (κ1) is 13.9. The van der Waals surface area contributed by atoms with Gasteiger partial charge in [0.15, 0.2) is 0 Å². The number of aromatic nitrogens is 1. The first-order valence-electron chi connectivity index (χ1n) is 6.18. The topological polar surface area (TPSA) is 43.4 Å². The lowest BCUT2D eigenvalue weighted by molar-refractivity contribution is 0.143. The average molecular weight is 238 g/mol. The minimum Gasteiger partial charge on any atom is -0.488 e. The van der Waals surface area contributed by atoms with Crippen LogP contribution in [0, 0.1) is 0 Å². The van der Waals surface area contributed by atoms with E-state index >= 15 is 0 Å². The molecule has 4 nitrogen and oxygen atoms in total. The summed E-state index contributed by atoms with van der Waals surface area (Å²) in [6.07, 6.45) is 4.65. The lowest BCUT2D eigenvalue weighted by Crippen LogP contribution is -2.30. The van der Waals surface area contributed by atoms with E-state index in [1.807, 2.05) is 26.0 Å². The molecule has 0 aromatic carbocycles. The van der Waals surface area contributed by atoms with E-state index in [0.29, 0.717) is 0 Å². The van der Waals surface area contributed by atoms with Crippen molar-refractivity contribution in [1.82, 2.24) is 10.3 Å². The van der Waals surface area contributed by atoms with Crippen LogP contribution in [-0.4, -0.2) is 37.4 Å². The third-order valence-electron chi connectivity index (χ3n) is 2.25. The van der Waals surface area contributed by atoms with Gasteiger partial charge in [-0.15, -0.1) is 0 Å². The minimum atomic E-state index is 0.145. The van der Waals surface area contributed by atoms with Crippen LogP contribution in [0.15, 0.2) is 24.5 Å². The number of ether oxygens (including phenoxy) is 2. The van der Waals surface area contributed by atoms with Crippen molar-refractivity contribution < 1.29 is 9.47 Å². The maximum absolute atomic E-state index is 5.69. The molecule has 1 unspecified atom stereocenters. The predicted molar refractivity (Wildman–Crippen MR) is 68.3 cm³/mol. The summed E-state index contributed by atoms with van der Waals surface area (Å²) in [5.74, 6) is 0.816. The Bertz CT molecular complexity index is 280. The molecule has 0 amide bonds. The van der Waals surface area contributed by atoms with E-state index in [2.05, 4.69) is 10.3 Å². The van der Waals surface area contributed by atoms with Crippen LogP contribution in [0.4, 0.5) is 0 Å². The van der Waals surface area contributed by atoms with Gasteiger partial charge in [-0.05, 0) is 38.9 Å². The van der Waals surface area contributed by atoms with Crippen LogP contribution < -0.4 is 10.1 Å². The van der Waals surface area contributed by atoms with Gasteiger partial charge < -0.3 is 14.8 Å². The van der Waals surface area contributed by atoms with E-state index in [9.17, 15) is 0 Å². The number of pyridine rings is 1. The fourth-order valence-electron chi connectivity index (χ4n) is 1.44. The van der Waals surface area contributed by atoms with Crippen molar-refractivity contribution in [3.8, 4) is 5.75 Å². The molecule has 4 heteroatoms. The molecular formula is C13H22N2O2. The van der Waals surface area contributed by atoms with E-state index in [-0.39, 0.29) is 6.10 Å². The highest BCUT2D eigenvalue weighted by molar-refractivity contribution is 5.15. The molecule has 1 atom stereocenters. The number of hydrogen-bond donors (Lipinski definition) is 1. The molecule has 96 valence electrons. The van der Waals surface area contributed by atoms with Crippen molar-refractivity contribution >= 4 is 0 Å². The maximum Gasteiger partial charge on any atom is 0.138 e. The van der Waals surface area contributed by atoms with Crippen molar-refractivity contribution in [3.63, 3.8) is 0 Å². The van der Waals surface area contributed by atoms with Crippen molar-refractivity contribution in [3.05, 3.63) is 24.5 Å². The third kappa shape index (κ3) is 6.92. The Morgan fingerprint density at radius 2 is 2.35 bits per heavy atom. The Hall–Kier alpha value is -1.13. The van der Waals surface area contributed by atoms with Gasteiger partial charge in [-0.3, -0.25) is 4.98 Å². The van der Waals surface area contributed by atoms with Crippen LogP contribution in [0.25, 0.3) is 0 Å². The standard InChI is InChI=1S/C13H22N2O2/c1-3-16-9-5-8-14-10-12(2)17-13-6-4-7-15-11-13/h4,6-7,11-12,14H,3,5,8-10H2,1-2H3. The highest BCUT2D eigenvalue weighted by Gasteiger charge is 2.02. The Kier molecular flexibility index (Phi) is 7.34. The monoisotopic (exact) mass is 238 g/mol. The fourth-order valence-corrected chi connectivity index (χ4v) is 1.44. The first-order valence-corrected chi connectivity index (χ1v) is 6.18. The van der Waals surface area contributed by atoms with Gasteiger partial charge in [-0.2, -0.15) is 0 Å². The van der Waals surface area contributed by atoms with Crippen molar-refractivity contribution in [1.29, 1.82) is 0 Å². The smallest absolute Gasteiger partial charge is 0.138 e. The van der Waals surface area contributed by atoms with Crippen LogP contribution in [-0.2, 0) is 4.74 Å². The minimum absolute atomic E-state index is 0.145. The largest absolute Gasteiger partial charge is 0.488 e. The van der Waals surface area contributed by atoms with Gasteiger partial charge in [0.05, 0.1) is 6.20 Å². The van der Waals surface area contributed by atoms with Gasteiger partial charge in [0.2, 0.25) is 0 Å². The summed E-state index contributed by atoms with van der Waals surface area (Å²) in [7, 11) is 0. The molecule has 0 aliphatic rings. The van der Waals surface area contributed by atoms with Crippen LogP contribution in [0.1, 0.15) is 20.3 Å². The summed E-state index contributed by atoms with van der Waals surface area (Å²) in [5.41, 5.74) is 0. The normalized spacial score (nSPS) is 12.4. The predicted octanol–water partition coefficient (Wildman–Crippen LogP) is 1.87. The molecule has 0 spiro atoms. The Morgan fingerprint density at radius 1 is 1.47 bits per heavy atom. The maximum atomic E-state index is 5.69. The SMILES string of the molecule is CCOCCCNCC(C)Oc1cccnc1. The highest BCUT2D eigenvalue weighted by atomic mass is 16.5. The van der Waals surface area contributed by atoms with E-state index < -0.39 is 0 Å². The molecule has 0 radical (unpaired) electrons. The van der Waals surface area contributed by atoms with Gasteiger partial charge in [-0.25, -0.2) is 0 Å². The van der Waals surface area contributed by atoms with Crippen LogP contribution in [0.5, 0.6) is 5.75 Å². The summed E-state index contributed by atoms with van der Waals surface area (Å²) >= 11 is 0. The van der Waals surface area contributed by atoms with Crippen LogP contribution in [0.2, 0.25) is 0 Å². The lowest BCUT2D eigenvalue weighted by atomic mass is 10.3. The zero-order valence-electron chi connectivity index (χ0n) is 10.7. The van der Waals surface area contributed by atoms with Crippen molar-refractivity contribution in [2.75, 3.05) is 26.3 Å². The number of hydrogen-bond acceptors (Lipinski definition) is 4. The second-order valence-electron chi connectivity index (χ2n) is 3.87. The summed E-state index contributed by atoms with van der Waals surface area (Å²) < 4.78 is 10.9. The molecule has 0 bridgehead atoms. The Morgan fingerprint density at radius 3 is 3.06 bits per heavy atom. The van der Waals surface area contributed by atoms with Crippen LogP contribution >= 0.6 is 0 Å². The van der Waals surface area contributed by atoms with E-state index in [1.165, 1.54) is 0 Å². The molecule has 0 saturated heterocycles. The van der Waals surface area contributed by atoms with E-state index in [0.717, 1.165) is 38.5 Å². The molecule has 1 aromatic rings. The second-order valence-corrected chi connectivity index (χ2v) is 3.87. The molecule has 0 aliphatic heterocycles. The van der Waals surface area contributed by atoms with E-state index in [4.69, 9.17) is 9.47 Å². The van der Waals surface area contributed by atoms with Gasteiger partial charge in [0, 0.05) is 26.0 Å². The molecule has 1 rings (SSSR count). The second kappa shape index (κ2) is 8.96. The molecule has 17 heavy (non-hydrogen) atoms.